The van der Waals surface area contributed by atoms with E-state index in [1.165, 1.54) is 42.3 Å². The van der Waals surface area contributed by atoms with Crippen LogP contribution in [0.25, 0.3) is 0 Å². The molecule has 4 aromatic rings. The average Bonchev–Trinajstić information content (AvgIpc) is 3.02. The predicted octanol–water partition coefficient (Wildman–Crippen LogP) is 5.19. The van der Waals surface area contributed by atoms with Crippen LogP contribution in [0.4, 0.5) is 10.1 Å². The van der Waals surface area contributed by atoms with Gasteiger partial charge in [0.05, 0.1) is 17.7 Å². The van der Waals surface area contributed by atoms with Crippen molar-refractivity contribution < 1.29 is 27.1 Å². The first kappa shape index (κ1) is 32.2. The number of methoxy groups -OCH3 is 1. The Hall–Kier alpha value is -4.70. The number of sulfonamides is 1. The molecule has 44 heavy (non-hydrogen) atoms. The summed E-state index contributed by atoms with van der Waals surface area (Å²) in [4.78, 5) is 29.3. The van der Waals surface area contributed by atoms with Gasteiger partial charge in [0.15, 0.2) is 0 Å². The summed E-state index contributed by atoms with van der Waals surface area (Å²) >= 11 is 0. The van der Waals surface area contributed by atoms with Gasteiger partial charge in [0, 0.05) is 24.6 Å². The Labute approximate surface area is 258 Å². The van der Waals surface area contributed by atoms with E-state index in [0.717, 1.165) is 9.87 Å². The Morgan fingerprint density at radius 3 is 2.07 bits per heavy atom. The molecule has 0 fully saturated rings. The summed E-state index contributed by atoms with van der Waals surface area (Å²) in [6.45, 7) is 2.67. The van der Waals surface area contributed by atoms with E-state index in [-0.39, 0.29) is 40.9 Å². The van der Waals surface area contributed by atoms with Crippen LogP contribution in [0.15, 0.2) is 114 Å². The van der Waals surface area contributed by atoms with E-state index in [1.807, 2.05) is 30.3 Å². The van der Waals surface area contributed by atoms with Gasteiger partial charge in [-0.1, -0.05) is 78.9 Å². The van der Waals surface area contributed by atoms with Gasteiger partial charge in [-0.15, -0.1) is 0 Å². The van der Waals surface area contributed by atoms with Crippen LogP contribution in [-0.4, -0.2) is 50.9 Å². The number of halogens is 1. The third kappa shape index (κ3) is 7.82. The fourth-order valence-electron chi connectivity index (χ4n) is 4.81. The van der Waals surface area contributed by atoms with E-state index >= 15 is 0 Å². The Bertz CT molecular complexity index is 1670. The second-order valence-electron chi connectivity index (χ2n) is 10.5. The molecule has 4 aromatic carbocycles. The van der Waals surface area contributed by atoms with Crippen molar-refractivity contribution in [2.75, 3.05) is 18.0 Å². The lowest BCUT2D eigenvalue weighted by atomic mass is 10.0. The Kier molecular flexibility index (Phi) is 10.7. The average molecular weight is 618 g/mol. The molecule has 10 heteroatoms. The van der Waals surface area contributed by atoms with E-state index in [2.05, 4.69) is 5.32 Å². The first-order valence-corrected chi connectivity index (χ1v) is 15.6. The van der Waals surface area contributed by atoms with Gasteiger partial charge in [-0.05, 0) is 49.7 Å². The van der Waals surface area contributed by atoms with E-state index < -0.39 is 40.2 Å². The minimum Gasteiger partial charge on any atom is -0.495 e. The first-order chi connectivity index (χ1) is 21.1. The van der Waals surface area contributed by atoms with Crippen molar-refractivity contribution in [1.29, 1.82) is 0 Å². The van der Waals surface area contributed by atoms with E-state index in [4.69, 9.17) is 4.74 Å². The number of hydrogen-bond donors (Lipinski definition) is 1. The molecule has 4 rings (SSSR count). The van der Waals surface area contributed by atoms with Gasteiger partial charge in [0.1, 0.15) is 24.2 Å². The molecular formula is C34H36FN3O5S. The number of anilines is 1. The highest BCUT2D eigenvalue weighted by Crippen LogP contribution is 2.32. The van der Waals surface area contributed by atoms with E-state index in [1.54, 1.807) is 62.4 Å². The largest absolute Gasteiger partial charge is 0.495 e. The van der Waals surface area contributed by atoms with Gasteiger partial charge in [0.2, 0.25) is 11.8 Å². The van der Waals surface area contributed by atoms with Crippen molar-refractivity contribution in [2.45, 2.75) is 43.8 Å². The minimum atomic E-state index is -4.29. The lowest BCUT2D eigenvalue weighted by Gasteiger charge is -2.34. The SMILES string of the molecule is COc1ccccc1N(CC(=O)N(Cc1ccccc1F)[C@@H](Cc1ccccc1)C(=O)NC(C)C)S(=O)(=O)c1ccccc1. The molecule has 0 spiro atoms. The lowest BCUT2D eigenvalue weighted by molar-refractivity contribution is -0.140. The van der Waals surface area contributed by atoms with Crippen LogP contribution in [-0.2, 0) is 32.6 Å². The van der Waals surface area contributed by atoms with Gasteiger partial charge in [-0.25, -0.2) is 12.8 Å². The summed E-state index contributed by atoms with van der Waals surface area (Å²) in [6, 6.07) is 28.0. The van der Waals surface area contributed by atoms with Gasteiger partial charge in [-0.3, -0.25) is 13.9 Å². The molecule has 0 aromatic heterocycles. The van der Waals surface area contributed by atoms with Crippen LogP contribution < -0.4 is 14.4 Å². The summed E-state index contributed by atoms with van der Waals surface area (Å²) in [5, 5.41) is 2.88. The molecule has 0 saturated carbocycles. The number of carbonyl (C=O) groups excluding carboxylic acids is 2. The molecule has 1 atom stereocenters. The maximum Gasteiger partial charge on any atom is 0.264 e. The molecule has 2 amide bonds. The second kappa shape index (κ2) is 14.7. The highest BCUT2D eigenvalue weighted by molar-refractivity contribution is 7.92. The summed E-state index contributed by atoms with van der Waals surface area (Å²) in [5.41, 5.74) is 1.11. The van der Waals surface area contributed by atoms with Crippen molar-refractivity contribution in [3.05, 3.63) is 126 Å². The number of hydrogen-bond acceptors (Lipinski definition) is 5. The van der Waals surface area contributed by atoms with Crippen molar-refractivity contribution in [1.82, 2.24) is 10.2 Å². The van der Waals surface area contributed by atoms with Gasteiger partial charge in [-0.2, -0.15) is 0 Å². The van der Waals surface area contributed by atoms with Gasteiger partial charge >= 0.3 is 0 Å². The smallest absolute Gasteiger partial charge is 0.264 e. The Morgan fingerprint density at radius 2 is 1.43 bits per heavy atom. The number of ether oxygens (including phenoxy) is 1. The molecule has 0 bridgehead atoms. The molecule has 0 saturated heterocycles. The van der Waals surface area contributed by atoms with Crippen molar-refractivity contribution in [2.24, 2.45) is 0 Å². The standard InChI is InChI=1S/C34H36FN3O5S/c1-25(2)36-34(40)31(22-26-14-6-4-7-15-26)37(23-27-16-10-11-19-29(27)35)33(39)24-38(30-20-12-13-21-32(30)43-3)44(41,42)28-17-8-5-9-18-28/h4-21,25,31H,22-24H2,1-3H3,(H,36,40)/t31-/m0/s1. The zero-order valence-electron chi connectivity index (χ0n) is 24.9. The van der Waals surface area contributed by atoms with Crippen molar-refractivity contribution in [3.8, 4) is 5.75 Å². The summed E-state index contributed by atoms with van der Waals surface area (Å²) in [5.74, 6) is -1.45. The topological polar surface area (TPSA) is 96.0 Å². The number of amides is 2. The maximum absolute atomic E-state index is 15.0. The number of para-hydroxylation sites is 2. The molecule has 0 heterocycles. The molecule has 0 aliphatic carbocycles. The van der Waals surface area contributed by atoms with Crippen LogP contribution >= 0.6 is 0 Å². The van der Waals surface area contributed by atoms with Crippen LogP contribution in [0.3, 0.4) is 0 Å². The first-order valence-electron chi connectivity index (χ1n) is 14.2. The lowest BCUT2D eigenvalue weighted by Crippen LogP contribution is -2.54. The van der Waals surface area contributed by atoms with E-state index in [0.29, 0.717) is 0 Å². The molecule has 0 aliphatic heterocycles. The number of carbonyl (C=O) groups is 2. The van der Waals surface area contributed by atoms with Gasteiger partial charge < -0.3 is 15.0 Å². The molecule has 1 N–H and O–H groups in total. The summed E-state index contributed by atoms with van der Waals surface area (Å²) < 4.78 is 49.6. The predicted molar refractivity (Wildman–Crippen MR) is 168 cm³/mol. The number of nitrogens with one attached hydrogen (secondary N) is 1. The fourth-order valence-corrected chi connectivity index (χ4v) is 6.26. The van der Waals surface area contributed by atoms with Crippen LogP contribution in [0.2, 0.25) is 0 Å². The zero-order valence-corrected chi connectivity index (χ0v) is 25.7. The molecule has 8 nitrogen and oxygen atoms in total. The highest BCUT2D eigenvalue weighted by Gasteiger charge is 2.36. The summed E-state index contributed by atoms with van der Waals surface area (Å²) in [7, 11) is -2.88. The van der Waals surface area contributed by atoms with Gasteiger partial charge in [0.25, 0.3) is 10.0 Å². The van der Waals surface area contributed by atoms with Crippen molar-refractivity contribution in [3.63, 3.8) is 0 Å². The maximum atomic E-state index is 15.0. The molecule has 0 aliphatic rings. The number of benzene rings is 4. The van der Waals surface area contributed by atoms with Crippen LogP contribution in [0, 0.1) is 5.82 Å². The molecule has 230 valence electrons. The minimum absolute atomic E-state index is 0.0299. The quantitative estimate of drug-likeness (QED) is 0.223. The van der Waals surface area contributed by atoms with Crippen LogP contribution in [0.5, 0.6) is 5.75 Å². The second-order valence-corrected chi connectivity index (χ2v) is 12.3. The Balaban J connectivity index is 1.83. The third-order valence-corrected chi connectivity index (χ3v) is 8.74. The van der Waals surface area contributed by atoms with E-state index in [9.17, 15) is 22.4 Å². The number of rotatable bonds is 13. The zero-order chi connectivity index (χ0) is 31.7. The third-order valence-electron chi connectivity index (χ3n) is 6.96. The number of nitrogens with zero attached hydrogens (tertiary/aromatic N) is 2. The van der Waals surface area contributed by atoms with Crippen LogP contribution in [0.1, 0.15) is 25.0 Å². The summed E-state index contributed by atoms with van der Waals surface area (Å²) in [6.07, 6.45) is 0.125. The Morgan fingerprint density at radius 1 is 0.841 bits per heavy atom. The molecular weight excluding hydrogens is 581 g/mol. The highest BCUT2D eigenvalue weighted by atomic mass is 32.2. The molecule has 0 radical (unpaired) electrons. The molecule has 0 unspecified atom stereocenters. The fraction of sp³-hybridized carbons (Fsp3) is 0.235. The monoisotopic (exact) mass is 617 g/mol. The normalized spacial score (nSPS) is 11.9. The van der Waals surface area contributed by atoms with Crippen molar-refractivity contribution >= 4 is 27.5 Å².